The van der Waals surface area contributed by atoms with E-state index in [0.29, 0.717) is 23.0 Å². The maximum Gasteiger partial charge on any atom is 0.245 e. The molecule has 1 heterocycles. The lowest BCUT2D eigenvalue weighted by Gasteiger charge is -2.32. The van der Waals surface area contributed by atoms with E-state index < -0.39 is 6.04 Å². The van der Waals surface area contributed by atoms with E-state index >= 15 is 0 Å². The summed E-state index contributed by atoms with van der Waals surface area (Å²) in [7, 11) is 0. The fourth-order valence-electron chi connectivity index (χ4n) is 2.05. The van der Waals surface area contributed by atoms with Crippen LogP contribution in [0.4, 0.5) is 0 Å². The molecule has 1 aliphatic rings. The first-order chi connectivity index (χ1) is 9.01. The van der Waals surface area contributed by atoms with Crippen molar-refractivity contribution in [1.29, 1.82) is 0 Å². The second kappa shape index (κ2) is 5.80. The van der Waals surface area contributed by atoms with Gasteiger partial charge in [0.2, 0.25) is 11.8 Å². The van der Waals surface area contributed by atoms with Gasteiger partial charge >= 0.3 is 0 Å². The molecule has 2 rings (SSSR count). The van der Waals surface area contributed by atoms with Crippen molar-refractivity contribution in [1.82, 2.24) is 10.2 Å². The number of hydrogen-bond acceptors (Lipinski definition) is 2. The van der Waals surface area contributed by atoms with E-state index in [0.717, 1.165) is 5.56 Å². The van der Waals surface area contributed by atoms with Gasteiger partial charge in [-0.1, -0.05) is 30.1 Å². The summed E-state index contributed by atoms with van der Waals surface area (Å²) < 4.78 is 0. The van der Waals surface area contributed by atoms with Crippen LogP contribution in [-0.2, 0) is 16.1 Å². The summed E-state index contributed by atoms with van der Waals surface area (Å²) in [4.78, 5) is 25.2. The summed E-state index contributed by atoms with van der Waals surface area (Å²) in [5.74, 6) is -0.234. The van der Waals surface area contributed by atoms with Crippen molar-refractivity contribution in [2.45, 2.75) is 25.9 Å². The molecule has 0 aliphatic carbocycles. The maximum absolute atomic E-state index is 12.1. The lowest BCUT2D eigenvalue weighted by atomic mass is 10.1. The molecule has 102 valence electrons. The first-order valence-corrected chi connectivity index (χ1v) is 6.79. The number of rotatable bonds is 3. The zero-order valence-electron chi connectivity index (χ0n) is 10.5. The Morgan fingerprint density at radius 1 is 1.37 bits per heavy atom. The first kappa shape index (κ1) is 14.2. The van der Waals surface area contributed by atoms with Crippen molar-refractivity contribution < 1.29 is 9.59 Å². The highest BCUT2D eigenvalue weighted by molar-refractivity contribution is 6.33. The molecule has 0 saturated carbocycles. The van der Waals surface area contributed by atoms with Crippen molar-refractivity contribution in [2.75, 3.05) is 6.54 Å². The van der Waals surface area contributed by atoms with Gasteiger partial charge < -0.3 is 10.2 Å². The van der Waals surface area contributed by atoms with Gasteiger partial charge in [-0.3, -0.25) is 9.59 Å². The van der Waals surface area contributed by atoms with Crippen molar-refractivity contribution in [3.63, 3.8) is 0 Å². The average molecular weight is 301 g/mol. The van der Waals surface area contributed by atoms with Crippen LogP contribution in [0.25, 0.3) is 0 Å². The molecule has 0 radical (unpaired) electrons. The zero-order chi connectivity index (χ0) is 14.0. The van der Waals surface area contributed by atoms with E-state index in [1.54, 1.807) is 18.2 Å². The number of nitrogens with one attached hydrogen (secondary N) is 1. The van der Waals surface area contributed by atoms with Crippen LogP contribution >= 0.6 is 23.2 Å². The van der Waals surface area contributed by atoms with E-state index in [1.807, 2.05) is 6.92 Å². The van der Waals surface area contributed by atoms with Gasteiger partial charge in [0.25, 0.3) is 0 Å². The fraction of sp³-hybridized carbons (Fsp3) is 0.385. The Morgan fingerprint density at radius 3 is 2.79 bits per heavy atom. The standard InChI is InChI=1S/C13H14Cl2N2O2/c1-2-11-13(19)17(7-12(18)16-11)6-8-5-9(14)3-4-10(8)15/h3-5,11H,2,6-7H2,1H3,(H,16,18). The minimum Gasteiger partial charge on any atom is -0.343 e. The van der Waals surface area contributed by atoms with Crippen molar-refractivity contribution in [3.8, 4) is 0 Å². The molecule has 1 aliphatic heterocycles. The SMILES string of the molecule is CCC1NC(=O)CN(Cc2cc(Cl)ccc2Cl)C1=O. The van der Waals surface area contributed by atoms with Crippen LogP contribution in [-0.4, -0.2) is 29.3 Å². The van der Waals surface area contributed by atoms with E-state index in [2.05, 4.69) is 5.32 Å². The number of hydrogen-bond donors (Lipinski definition) is 1. The molecule has 19 heavy (non-hydrogen) atoms. The lowest BCUT2D eigenvalue weighted by molar-refractivity contribution is -0.144. The van der Waals surface area contributed by atoms with Crippen LogP contribution in [0.5, 0.6) is 0 Å². The van der Waals surface area contributed by atoms with Gasteiger partial charge in [0.1, 0.15) is 6.04 Å². The van der Waals surface area contributed by atoms with Crippen LogP contribution < -0.4 is 5.32 Å². The number of carbonyl (C=O) groups excluding carboxylic acids is 2. The molecule has 0 bridgehead atoms. The summed E-state index contributed by atoms with van der Waals surface area (Å²) in [6.07, 6.45) is 0.574. The van der Waals surface area contributed by atoms with Crippen LogP contribution in [0.2, 0.25) is 10.0 Å². The third-order valence-electron chi connectivity index (χ3n) is 3.06. The molecular formula is C13H14Cl2N2O2. The monoisotopic (exact) mass is 300 g/mol. The van der Waals surface area contributed by atoms with Crippen molar-refractivity contribution in [2.24, 2.45) is 0 Å². The number of halogens is 2. The second-order valence-electron chi connectivity index (χ2n) is 4.46. The van der Waals surface area contributed by atoms with Gasteiger partial charge in [0.15, 0.2) is 0 Å². The summed E-state index contributed by atoms with van der Waals surface area (Å²) in [6.45, 7) is 2.21. The zero-order valence-corrected chi connectivity index (χ0v) is 12.0. The minimum atomic E-state index is -0.445. The second-order valence-corrected chi connectivity index (χ2v) is 5.30. The molecule has 1 aromatic carbocycles. The number of piperazine rings is 1. The normalized spacial score (nSPS) is 19.5. The van der Waals surface area contributed by atoms with Gasteiger partial charge in [-0.05, 0) is 30.2 Å². The van der Waals surface area contributed by atoms with Gasteiger partial charge in [-0.15, -0.1) is 0 Å². The third-order valence-corrected chi connectivity index (χ3v) is 3.66. The van der Waals surface area contributed by atoms with Crippen LogP contribution in [0.1, 0.15) is 18.9 Å². The first-order valence-electron chi connectivity index (χ1n) is 6.03. The summed E-state index contributed by atoms with van der Waals surface area (Å²) >= 11 is 12.0. The Hall–Kier alpha value is -1.26. The molecule has 4 nitrogen and oxygen atoms in total. The molecule has 1 atom stereocenters. The Balaban J connectivity index is 2.19. The number of amides is 2. The lowest BCUT2D eigenvalue weighted by Crippen LogP contribution is -2.57. The molecule has 0 aromatic heterocycles. The summed E-state index contributed by atoms with van der Waals surface area (Å²) in [5.41, 5.74) is 0.743. The number of nitrogens with zero attached hydrogens (tertiary/aromatic N) is 1. The topological polar surface area (TPSA) is 49.4 Å². The summed E-state index contributed by atoms with van der Waals surface area (Å²) in [5, 5.41) is 3.76. The third kappa shape index (κ3) is 3.19. The van der Waals surface area contributed by atoms with Crippen LogP contribution in [0, 0.1) is 0 Å². The van der Waals surface area contributed by atoms with Crippen LogP contribution in [0.15, 0.2) is 18.2 Å². The predicted molar refractivity (Wildman–Crippen MR) is 74.1 cm³/mol. The molecular weight excluding hydrogens is 287 g/mol. The van der Waals surface area contributed by atoms with E-state index in [-0.39, 0.29) is 18.4 Å². The van der Waals surface area contributed by atoms with Gasteiger partial charge in [-0.25, -0.2) is 0 Å². The highest BCUT2D eigenvalue weighted by atomic mass is 35.5. The molecule has 1 unspecified atom stereocenters. The molecule has 1 N–H and O–H groups in total. The van der Waals surface area contributed by atoms with E-state index in [1.165, 1.54) is 4.90 Å². The van der Waals surface area contributed by atoms with Crippen molar-refractivity contribution >= 4 is 35.0 Å². The minimum absolute atomic E-state index is 0.0537. The highest BCUT2D eigenvalue weighted by Gasteiger charge is 2.31. The Bertz CT molecular complexity index is 519. The summed E-state index contributed by atoms with van der Waals surface area (Å²) in [6, 6.07) is 4.64. The molecule has 6 heteroatoms. The largest absolute Gasteiger partial charge is 0.343 e. The van der Waals surface area contributed by atoms with Crippen molar-refractivity contribution in [3.05, 3.63) is 33.8 Å². The molecule has 0 spiro atoms. The molecule has 1 aromatic rings. The van der Waals surface area contributed by atoms with Crippen LogP contribution in [0.3, 0.4) is 0 Å². The highest BCUT2D eigenvalue weighted by Crippen LogP contribution is 2.23. The Kier molecular flexibility index (Phi) is 4.32. The van der Waals surface area contributed by atoms with Gasteiger partial charge in [0, 0.05) is 16.6 Å². The fourth-order valence-corrected chi connectivity index (χ4v) is 2.43. The average Bonchev–Trinajstić information content (AvgIpc) is 2.37. The van der Waals surface area contributed by atoms with E-state index in [4.69, 9.17) is 23.2 Å². The number of carbonyl (C=O) groups is 2. The van der Waals surface area contributed by atoms with Gasteiger partial charge in [-0.2, -0.15) is 0 Å². The predicted octanol–water partition coefficient (Wildman–Crippen LogP) is 2.23. The maximum atomic E-state index is 12.1. The Morgan fingerprint density at radius 2 is 2.11 bits per heavy atom. The smallest absolute Gasteiger partial charge is 0.245 e. The number of benzene rings is 1. The molecule has 2 amide bonds. The van der Waals surface area contributed by atoms with E-state index in [9.17, 15) is 9.59 Å². The van der Waals surface area contributed by atoms with Gasteiger partial charge in [0.05, 0.1) is 6.54 Å². The molecule has 1 saturated heterocycles. The molecule has 1 fully saturated rings. The quantitative estimate of drug-likeness (QED) is 0.930. The Labute approximate surface area is 121 Å².